The Labute approximate surface area is 212 Å². The van der Waals surface area contributed by atoms with Gasteiger partial charge in [-0.1, -0.05) is 26.8 Å². The monoisotopic (exact) mass is 498 g/mol. The van der Waals surface area contributed by atoms with E-state index >= 15 is 0 Å². The summed E-state index contributed by atoms with van der Waals surface area (Å²) in [6.45, 7) is 11.1. The molecule has 0 aliphatic rings. The third-order valence-corrected chi connectivity index (χ3v) is 5.86. The Morgan fingerprint density at radius 2 is 1.97 bits per heavy atom. The Kier molecular flexibility index (Phi) is 8.71. The lowest BCUT2D eigenvalue weighted by Gasteiger charge is -2.23. The number of nitrogens with one attached hydrogen (secondary N) is 1. The molecule has 0 saturated heterocycles. The van der Waals surface area contributed by atoms with Crippen LogP contribution in [0.5, 0.6) is 0 Å². The average molecular weight is 499 g/mol. The minimum atomic E-state index is -0.908. The minimum absolute atomic E-state index is 0.0413. The van der Waals surface area contributed by atoms with Crippen molar-refractivity contribution in [1.82, 2.24) is 19.4 Å². The molecule has 0 bridgehead atoms. The van der Waals surface area contributed by atoms with Crippen LogP contribution in [0.2, 0.25) is 0 Å². The van der Waals surface area contributed by atoms with Gasteiger partial charge in [0.05, 0.1) is 30.4 Å². The van der Waals surface area contributed by atoms with E-state index in [1.54, 1.807) is 38.8 Å². The van der Waals surface area contributed by atoms with Gasteiger partial charge in [-0.3, -0.25) is 14.9 Å². The fourth-order valence-electron chi connectivity index (χ4n) is 3.97. The van der Waals surface area contributed by atoms with Crippen LogP contribution in [0.4, 0.5) is 0 Å². The molecule has 2 N–H and O–H groups in total. The van der Waals surface area contributed by atoms with Crippen molar-refractivity contribution in [2.45, 2.75) is 59.9 Å². The second-order valence-corrected chi connectivity index (χ2v) is 10.5. The zero-order valence-electron chi connectivity index (χ0n) is 22.3. The summed E-state index contributed by atoms with van der Waals surface area (Å²) in [5.74, 6) is 0.274. The van der Waals surface area contributed by atoms with Gasteiger partial charge in [0.15, 0.2) is 0 Å². The highest BCUT2D eigenvalue weighted by atomic mass is 16.5. The molecule has 0 aliphatic heterocycles. The van der Waals surface area contributed by atoms with Crippen molar-refractivity contribution in [3.63, 3.8) is 0 Å². The second-order valence-electron chi connectivity index (χ2n) is 10.5. The van der Waals surface area contributed by atoms with E-state index in [1.807, 2.05) is 45.0 Å². The zero-order chi connectivity index (χ0) is 26.6. The molecule has 0 fully saturated rings. The molecular formula is C27H38N4O5. The van der Waals surface area contributed by atoms with Crippen LogP contribution in [0, 0.1) is 12.3 Å². The lowest BCUT2D eigenvalue weighted by molar-refractivity contribution is -0.151. The van der Waals surface area contributed by atoms with E-state index in [2.05, 4.69) is 9.88 Å². The molecule has 3 aromatic rings. The molecule has 0 radical (unpaired) electrons. The summed E-state index contributed by atoms with van der Waals surface area (Å²) in [7, 11) is 3.39. The van der Waals surface area contributed by atoms with Gasteiger partial charge in [0.2, 0.25) is 0 Å². The van der Waals surface area contributed by atoms with Crippen LogP contribution >= 0.6 is 0 Å². The first-order valence-electron chi connectivity index (χ1n) is 12.1. The predicted molar refractivity (Wildman–Crippen MR) is 140 cm³/mol. The van der Waals surface area contributed by atoms with Crippen LogP contribution in [0.3, 0.4) is 0 Å². The van der Waals surface area contributed by atoms with Gasteiger partial charge in [0.1, 0.15) is 11.9 Å². The number of aliphatic hydroxyl groups is 1. The quantitative estimate of drug-likeness (QED) is 0.414. The number of rotatable bonds is 10. The summed E-state index contributed by atoms with van der Waals surface area (Å²) in [4.78, 5) is 29.6. The van der Waals surface area contributed by atoms with Crippen LogP contribution < -0.4 is 10.9 Å². The van der Waals surface area contributed by atoms with E-state index in [-0.39, 0.29) is 17.6 Å². The highest BCUT2D eigenvalue weighted by Gasteiger charge is 2.26. The van der Waals surface area contributed by atoms with Gasteiger partial charge in [0, 0.05) is 44.6 Å². The lowest BCUT2D eigenvalue weighted by Crippen LogP contribution is -2.46. The molecule has 0 spiro atoms. The van der Waals surface area contributed by atoms with E-state index in [4.69, 9.17) is 14.5 Å². The standard InChI is InChI=1S/C27H38N4O5/c1-17-12-20(15-30(6)25(17)33)24-29-21-13-19(8-9-22(21)31(24)10-11-35-7)14-28-23(18(2)32)26(34)36-16-27(3,4)5/h8-9,12-13,15,18,23,28,32H,10-11,14,16H2,1-7H3/t18-,23+/m1/s1. The number of benzene rings is 1. The van der Waals surface area contributed by atoms with Gasteiger partial charge < -0.3 is 23.7 Å². The van der Waals surface area contributed by atoms with Crippen molar-refractivity contribution < 1.29 is 19.4 Å². The van der Waals surface area contributed by atoms with E-state index < -0.39 is 18.1 Å². The molecule has 196 valence electrons. The van der Waals surface area contributed by atoms with Crippen molar-refractivity contribution in [3.05, 3.63) is 51.9 Å². The first-order chi connectivity index (χ1) is 16.9. The number of hydrogen-bond acceptors (Lipinski definition) is 7. The molecule has 0 aliphatic carbocycles. The molecule has 2 atom stereocenters. The molecule has 1 aromatic carbocycles. The van der Waals surface area contributed by atoms with Crippen molar-refractivity contribution in [2.24, 2.45) is 12.5 Å². The number of nitrogens with zero attached hydrogens (tertiary/aromatic N) is 3. The number of fused-ring (bicyclic) bond motifs is 1. The number of aromatic nitrogens is 3. The maximum Gasteiger partial charge on any atom is 0.325 e. The first kappa shape index (κ1) is 27.6. The topological polar surface area (TPSA) is 108 Å². The fourth-order valence-corrected chi connectivity index (χ4v) is 3.97. The van der Waals surface area contributed by atoms with Crippen LogP contribution in [0.1, 0.15) is 38.8 Å². The van der Waals surface area contributed by atoms with E-state index in [0.29, 0.717) is 25.3 Å². The predicted octanol–water partition coefficient (Wildman–Crippen LogP) is 2.79. The summed E-state index contributed by atoms with van der Waals surface area (Å²) < 4.78 is 14.4. The fraction of sp³-hybridized carbons (Fsp3) is 0.519. The second kappa shape index (κ2) is 11.4. The van der Waals surface area contributed by atoms with E-state index in [9.17, 15) is 14.7 Å². The highest BCUT2D eigenvalue weighted by molar-refractivity contribution is 5.81. The summed E-state index contributed by atoms with van der Waals surface area (Å²) >= 11 is 0. The van der Waals surface area contributed by atoms with E-state index in [1.165, 1.54) is 0 Å². The molecule has 9 nitrogen and oxygen atoms in total. The van der Waals surface area contributed by atoms with Gasteiger partial charge in [-0.15, -0.1) is 0 Å². The van der Waals surface area contributed by atoms with Crippen LogP contribution in [-0.4, -0.2) is 57.7 Å². The smallest absolute Gasteiger partial charge is 0.325 e. The number of pyridine rings is 1. The van der Waals surface area contributed by atoms with Crippen LogP contribution in [-0.2, 0) is 34.4 Å². The molecule has 0 saturated carbocycles. The maximum absolute atomic E-state index is 12.6. The van der Waals surface area contributed by atoms with Crippen molar-refractivity contribution >= 4 is 17.0 Å². The molecule has 2 aromatic heterocycles. The average Bonchev–Trinajstić information content (AvgIpc) is 3.16. The molecule has 0 unspecified atom stereocenters. The van der Waals surface area contributed by atoms with Crippen LogP contribution in [0.15, 0.2) is 35.3 Å². The number of carbonyl (C=O) groups excluding carboxylic acids is 1. The highest BCUT2D eigenvalue weighted by Crippen LogP contribution is 2.26. The summed E-state index contributed by atoms with van der Waals surface area (Å²) in [6, 6.07) is 6.93. The van der Waals surface area contributed by atoms with Crippen molar-refractivity contribution in [1.29, 1.82) is 0 Å². The minimum Gasteiger partial charge on any atom is -0.464 e. The Balaban J connectivity index is 1.89. The van der Waals surface area contributed by atoms with Gasteiger partial charge in [-0.2, -0.15) is 0 Å². The number of methoxy groups -OCH3 is 1. The Morgan fingerprint density at radius 3 is 2.58 bits per heavy atom. The number of carbonyl (C=O) groups is 1. The molecule has 3 rings (SSSR count). The van der Waals surface area contributed by atoms with E-state index in [0.717, 1.165) is 28.0 Å². The number of imidazole rings is 1. The third-order valence-electron chi connectivity index (χ3n) is 5.86. The Morgan fingerprint density at radius 1 is 1.25 bits per heavy atom. The van der Waals surface area contributed by atoms with Gasteiger partial charge in [0.25, 0.3) is 5.56 Å². The van der Waals surface area contributed by atoms with Gasteiger partial charge >= 0.3 is 5.97 Å². The normalized spacial score (nSPS) is 13.7. The summed E-state index contributed by atoms with van der Waals surface area (Å²) in [6.07, 6.45) is 0.882. The SMILES string of the molecule is COCCn1c(-c2cc(C)c(=O)n(C)c2)nc2cc(CN[C@H](C(=O)OCC(C)(C)C)[C@@H](C)O)ccc21. The maximum atomic E-state index is 12.6. The zero-order valence-corrected chi connectivity index (χ0v) is 22.3. The van der Waals surface area contributed by atoms with Crippen LogP contribution in [0.25, 0.3) is 22.4 Å². The summed E-state index contributed by atoms with van der Waals surface area (Å²) in [5.41, 5.74) is 3.93. The number of hydrogen-bond donors (Lipinski definition) is 2. The van der Waals surface area contributed by atoms with Crippen molar-refractivity contribution in [2.75, 3.05) is 20.3 Å². The Hall–Kier alpha value is -3.01. The molecular weight excluding hydrogens is 460 g/mol. The lowest BCUT2D eigenvalue weighted by atomic mass is 9.98. The summed E-state index contributed by atoms with van der Waals surface area (Å²) in [5, 5.41) is 13.3. The number of aliphatic hydroxyl groups excluding tert-OH is 1. The third kappa shape index (κ3) is 6.60. The largest absolute Gasteiger partial charge is 0.464 e. The number of aryl methyl sites for hydroxylation is 2. The first-order valence-corrected chi connectivity index (χ1v) is 12.1. The van der Waals surface area contributed by atoms with Gasteiger partial charge in [-0.05, 0) is 43.0 Å². The molecule has 9 heteroatoms. The van der Waals surface area contributed by atoms with Crippen molar-refractivity contribution in [3.8, 4) is 11.4 Å². The number of esters is 1. The van der Waals surface area contributed by atoms with Gasteiger partial charge in [-0.25, -0.2) is 4.98 Å². The molecule has 0 amide bonds. The Bertz CT molecular complexity index is 1240. The number of ether oxygens (including phenoxy) is 2. The molecule has 2 heterocycles. The molecule has 36 heavy (non-hydrogen) atoms.